The van der Waals surface area contributed by atoms with Gasteiger partial charge in [0, 0.05) is 26.1 Å². The van der Waals surface area contributed by atoms with Crippen molar-refractivity contribution < 1.29 is 13.2 Å². The highest BCUT2D eigenvalue weighted by atomic mass is 32.2. The SMILES string of the molecule is COc1cc(C)ccc1S(=O)(=O)N[C@@H](c1nnc2n1CCNCC2)C(C)C. The van der Waals surface area contributed by atoms with Crippen LogP contribution in [0.1, 0.15) is 37.1 Å². The minimum Gasteiger partial charge on any atom is -0.495 e. The minimum atomic E-state index is -3.80. The number of sulfonamides is 1. The maximum Gasteiger partial charge on any atom is 0.244 e. The van der Waals surface area contributed by atoms with Crippen molar-refractivity contribution in [2.45, 2.75) is 44.7 Å². The Bertz CT molecular complexity index is 908. The standard InChI is InChI=1S/C18H27N5O3S/c1-12(2)17(18-21-20-16-7-8-19-9-10-23(16)18)22-27(24,25)15-6-5-13(3)11-14(15)26-4/h5-6,11-12,17,19,22H,7-10H2,1-4H3/t17-/m1/s1. The predicted octanol–water partition coefficient (Wildman–Crippen LogP) is 1.42. The van der Waals surface area contributed by atoms with Gasteiger partial charge in [-0.05, 0) is 30.5 Å². The smallest absolute Gasteiger partial charge is 0.244 e. The number of nitrogens with one attached hydrogen (secondary N) is 2. The van der Waals surface area contributed by atoms with Crippen molar-refractivity contribution >= 4 is 10.0 Å². The Morgan fingerprint density at radius 3 is 2.74 bits per heavy atom. The lowest BCUT2D eigenvalue weighted by Gasteiger charge is -2.23. The van der Waals surface area contributed by atoms with E-state index in [1.807, 2.05) is 25.3 Å². The van der Waals surface area contributed by atoms with Crippen LogP contribution >= 0.6 is 0 Å². The molecular weight excluding hydrogens is 366 g/mol. The van der Waals surface area contributed by atoms with E-state index in [1.165, 1.54) is 7.11 Å². The number of hydrogen-bond donors (Lipinski definition) is 2. The van der Waals surface area contributed by atoms with Crippen molar-refractivity contribution in [2.75, 3.05) is 20.2 Å². The summed E-state index contributed by atoms with van der Waals surface area (Å²) in [5.74, 6) is 1.86. The molecule has 2 heterocycles. The molecule has 1 atom stereocenters. The van der Waals surface area contributed by atoms with Gasteiger partial charge in [0.05, 0.1) is 13.2 Å². The molecule has 1 aromatic carbocycles. The molecule has 0 amide bonds. The zero-order chi connectivity index (χ0) is 19.6. The highest BCUT2D eigenvalue weighted by Crippen LogP contribution is 2.29. The topological polar surface area (TPSA) is 98.1 Å². The van der Waals surface area contributed by atoms with Crippen LogP contribution in [0.2, 0.25) is 0 Å². The van der Waals surface area contributed by atoms with Crippen LogP contribution in [0.5, 0.6) is 5.75 Å². The first-order valence-electron chi connectivity index (χ1n) is 9.13. The first-order valence-corrected chi connectivity index (χ1v) is 10.6. The fourth-order valence-electron chi connectivity index (χ4n) is 3.24. The fourth-order valence-corrected chi connectivity index (χ4v) is 4.73. The molecule has 2 aromatic rings. The van der Waals surface area contributed by atoms with E-state index >= 15 is 0 Å². The van der Waals surface area contributed by atoms with Gasteiger partial charge in [-0.2, -0.15) is 0 Å². The van der Waals surface area contributed by atoms with E-state index < -0.39 is 16.1 Å². The molecule has 0 aliphatic carbocycles. The van der Waals surface area contributed by atoms with Crippen LogP contribution in [-0.4, -0.2) is 43.4 Å². The maximum atomic E-state index is 13.1. The van der Waals surface area contributed by atoms with Crippen LogP contribution < -0.4 is 14.8 Å². The van der Waals surface area contributed by atoms with E-state index in [-0.39, 0.29) is 10.8 Å². The Hall–Kier alpha value is -1.97. The van der Waals surface area contributed by atoms with Gasteiger partial charge < -0.3 is 14.6 Å². The van der Waals surface area contributed by atoms with E-state index in [4.69, 9.17) is 4.74 Å². The molecular formula is C18H27N5O3S. The van der Waals surface area contributed by atoms with Crippen molar-refractivity contribution in [3.05, 3.63) is 35.4 Å². The third kappa shape index (κ3) is 4.15. The van der Waals surface area contributed by atoms with Gasteiger partial charge in [-0.1, -0.05) is 19.9 Å². The molecule has 27 heavy (non-hydrogen) atoms. The predicted molar refractivity (Wildman–Crippen MR) is 102 cm³/mol. The molecule has 0 fully saturated rings. The molecule has 0 saturated carbocycles. The van der Waals surface area contributed by atoms with Crippen LogP contribution in [-0.2, 0) is 23.0 Å². The summed E-state index contributed by atoms with van der Waals surface area (Å²) in [7, 11) is -2.33. The second-order valence-corrected chi connectivity index (χ2v) is 8.81. The first-order chi connectivity index (χ1) is 12.8. The van der Waals surface area contributed by atoms with E-state index in [9.17, 15) is 8.42 Å². The Labute approximate surface area is 160 Å². The maximum absolute atomic E-state index is 13.1. The Morgan fingerprint density at radius 2 is 2.04 bits per heavy atom. The van der Waals surface area contributed by atoms with Crippen molar-refractivity contribution in [1.29, 1.82) is 0 Å². The monoisotopic (exact) mass is 393 g/mol. The minimum absolute atomic E-state index is 0.000676. The Kier molecular flexibility index (Phi) is 5.83. The second kappa shape index (κ2) is 7.95. The first kappa shape index (κ1) is 19.8. The highest BCUT2D eigenvalue weighted by molar-refractivity contribution is 7.89. The molecule has 0 unspecified atom stereocenters. The molecule has 3 rings (SSSR count). The van der Waals surface area contributed by atoms with E-state index in [0.29, 0.717) is 11.6 Å². The van der Waals surface area contributed by atoms with Gasteiger partial charge in [0.25, 0.3) is 0 Å². The fraction of sp³-hybridized carbons (Fsp3) is 0.556. The summed E-state index contributed by atoms with van der Waals surface area (Å²) in [5, 5.41) is 11.9. The second-order valence-electron chi connectivity index (χ2n) is 7.12. The van der Waals surface area contributed by atoms with Gasteiger partial charge in [-0.15, -0.1) is 10.2 Å². The Balaban J connectivity index is 1.97. The van der Waals surface area contributed by atoms with Crippen LogP contribution in [0.3, 0.4) is 0 Å². The van der Waals surface area contributed by atoms with Crippen molar-refractivity contribution in [3.8, 4) is 5.75 Å². The van der Waals surface area contributed by atoms with Gasteiger partial charge in [-0.3, -0.25) is 0 Å². The summed E-state index contributed by atoms with van der Waals surface area (Å²) in [6, 6.07) is 4.56. The summed E-state index contributed by atoms with van der Waals surface area (Å²) in [5.41, 5.74) is 0.932. The van der Waals surface area contributed by atoms with E-state index in [0.717, 1.165) is 37.4 Å². The summed E-state index contributed by atoms with van der Waals surface area (Å²) < 4.78 is 36.4. The lowest BCUT2D eigenvalue weighted by molar-refractivity contribution is 0.398. The number of ether oxygens (including phenoxy) is 1. The molecule has 0 radical (unpaired) electrons. The molecule has 0 spiro atoms. The molecule has 9 heteroatoms. The van der Waals surface area contributed by atoms with Crippen LogP contribution in [0.25, 0.3) is 0 Å². The number of rotatable bonds is 6. The quantitative estimate of drug-likeness (QED) is 0.770. The summed E-state index contributed by atoms with van der Waals surface area (Å²) in [6.45, 7) is 8.20. The largest absolute Gasteiger partial charge is 0.495 e. The number of fused-ring (bicyclic) bond motifs is 1. The molecule has 0 saturated heterocycles. The van der Waals surface area contributed by atoms with Crippen molar-refractivity contribution in [2.24, 2.45) is 5.92 Å². The van der Waals surface area contributed by atoms with Gasteiger partial charge >= 0.3 is 0 Å². The van der Waals surface area contributed by atoms with E-state index in [1.54, 1.807) is 18.2 Å². The number of methoxy groups -OCH3 is 1. The third-order valence-electron chi connectivity index (χ3n) is 4.73. The third-order valence-corrected chi connectivity index (χ3v) is 6.21. The normalized spacial score (nSPS) is 16.0. The number of nitrogens with zero attached hydrogens (tertiary/aromatic N) is 3. The molecule has 0 bridgehead atoms. The van der Waals surface area contributed by atoms with Crippen LogP contribution in [0.15, 0.2) is 23.1 Å². The molecule has 1 aliphatic rings. The summed E-state index contributed by atoms with van der Waals surface area (Å²) >= 11 is 0. The van der Waals surface area contributed by atoms with Gasteiger partial charge in [-0.25, -0.2) is 13.1 Å². The lowest BCUT2D eigenvalue weighted by atomic mass is 10.1. The average Bonchev–Trinajstić information content (AvgIpc) is 2.86. The molecule has 1 aromatic heterocycles. The molecule has 148 valence electrons. The number of benzene rings is 1. The highest BCUT2D eigenvalue weighted by Gasteiger charge is 2.31. The zero-order valence-electron chi connectivity index (χ0n) is 16.2. The van der Waals surface area contributed by atoms with Gasteiger partial charge in [0.15, 0.2) is 5.82 Å². The lowest BCUT2D eigenvalue weighted by Crippen LogP contribution is -2.34. The van der Waals surface area contributed by atoms with Crippen LogP contribution in [0.4, 0.5) is 0 Å². The Morgan fingerprint density at radius 1 is 1.26 bits per heavy atom. The van der Waals surface area contributed by atoms with Gasteiger partial charge in [0.1, 0.15) is 16.5 Å². The summed E-state index contributed by atoms with van der Waals surface area (Å²) in [6.07, 6.45) is 0.774. The molecule has 1 aliphatic heterocycles. The van der Waals surface area contributed by atoms with Crippen molar-refractivity contribution in [3.63, 3.8) is 0 Å². The average molecular weight is 394 g/mol. The number of aromatic nitrogens is 3. The zero-order valence-corrected chi connectivity index (χ0v) is 17.0. The molecule has 2 N–H and O–H groups in total. The summed E-state index contributed by atoms with van der Waals surface area (Å²) in [4.78, 5) is 0.124. The number of hydrogen-bond acceptors (Lipinski definition) is 6. The van der Waals surface area contributed by atoms with Crippen molar-refractivity contribution in [1.82, 2.24) is 24.8 Å². The van der Waals surface area contributed by atoms with Crippen LogP contribution in [0, 0.1) is 12.8 Å². The number of aryl methyl sites for hydroxylation is 1. The van der Waals surface area contributed by atoms with Gasteiger partial charge in [0.2, 0.25) is 10.0 Å². The van der Waals surface area contributed by atoms with E-state index in [2.05, 4.69) is 20.2 Å². The molecule has 8 nitrogen and oxygen atoms in total.